The summed E-state index contributed by atoms with van der Waals surface area (Å²) in [5.74, 6) is 0. The summed E-state index contributed by atoms with van der Waals surface area (Å²) in [5, 5.41) is 9.17. The first kappa shape index (κ1) is 10.9. The van der Waals surface area contributed by atoms with Crippen LogP contribution in [-0.2, 0) is 17.7 Å². The molecule has 0 saturated heterocycles. The molecule has 1 atom stereocenters. The van der Waals surface area contributed by atoms with Crippen molar-refractivity contribution in [3.63, 3.8) is 0 Å². The summed E-state index contributed by atoms with van der Waals surface area (Å²) in [6.07, 6.45) is 0. The molecule has 0 aromatic heterocycles. The normalized spacial score (nSPS) is 12.9. The van der Waals surface area contributed by atoms with E-state index in [-0.39, 0.29) is 21.5 Å². The SMILES string of the molecule is O=S(O)c1cc(Cl)cc(CO)c1Cl. The maximum atomic E-state index is 10.7. The molecule has 0 radical (unpaired) electrons. The molecule has 0 saturated carbocycles. The maximum absolute atomic E-state index is 10.7. The first-order chi connectivity index (χ1) is 6.06. The lowest BCUT2D eigenvalue weighted by Crippen LogP contribution is -1.94. The van der Waals surface area contributed by atoms with Gasteiger partial charge in [0.05, 0.1) is 16.5 Å². The van der Waals surface area contributed by atoms with Crippen molar-refractivity contribution in [3.05, 3.63) is 27.7 Å². The molecule has 6 heteroatoms. The van der Waals surface area contributed by atoms with Crippen LogP contribution in [0.1, 0.15) is 5.56 Å². The Kier molecular flexibility index (Phi) is 3.70. The molecule has 0 aliphatic carbocycles. The molecule has 3 nitrogen and oxygen atoms in total. The van der Waals surface area contributed by atoms with Gasteiger partial charge in [0.1, 0.15) is 0 Å². The lowest BCUT2D eigenvalue weighted by molar-refractivity contribution is 0.281. The van der Waals surface area contributed by atoms with Gasteiger partial charge in [-0.15, -0.1) is 0 Å². The van der Waals surface area contributed by atoms with Crippen molar-refractivity contribution in [1.82, 2.24) is 0 Å². The monoisotopic (exact) mass is 240 g/mol. The fourth-order valence-electron chi connectivity index (χ4n) is 0.860. The van der Waals surface area contributed by atoms with E-state index < -0.39 is 11.1 Å². The van der Waals surface area contributed by atoms with Crippen LogP contribution in [0.5, 0.6) is 0 Å². The molecule has 13 heavy (non-hydrogen) atoms. The van der Waals surface area contributed by atoms with Crippen LogP contribution in [0.15, 0.2) is 17.0 Å². The van der Waals surface area contributed by atoms with Gasteiger partial charge in [-0.25, -0.2) is 4.21 Å². The average molecular weight is 241 g/mol. The van der Waals surface area contributed by atoms with E-state index in [0.29, 0.717) is 5.56 Å². The van der Waals surface area contributed by atoms with Crippen molar-refractivity contribution in [2.45, 2.75) is 11.5 Å². The molecule has 1 rings (SSSR count). The van der Waals surface area contributed by atoms with E-state index in [1.165, 1.54) is 12.1 Å². The number of rotatable bonds is 2. The Balaban J connectivity index is 3.35. The number of halogens is 2. The third-order valence-electron chi connectivity index (χ3n) is 1.44. The highest BCUT2D eigenvalue weighted by Gasteiger charge is 2.11. The van der Waals surface area contributed by atoms with Crippen LogP contribution in [0.3, 0.4) is 0 Å². The summed E-state index contributed by atoms with van der Waals surface area (Å²) in [6.45, 7) is -0.316. The van der Waals surface area contributed by atoms with Crippen molar-refractivity contribution in [3.8, 4) is 0 Å². The Hall–Kier alpha value is -0.130. The van der Waals surface area contributed by atoms with Crippen molar-refractivity contribution < 1.29 is 13.9 Å². The Morgan fingerprint density at radius 1 is 1.38 bits per heavy atom. The van der Waals surface area contributed by atoms with Crippen molar-refractivity contribution in [2.24, 2.45) is 0 Å². The summed E-state index contributed by atoms with van der Waals surface area (Å²) in [4.78, 5) is 0.0122. The predicted octanol–water partition coefficient (Wildman–Crippen LogP) is 2.07. The minimum absolute atomic E-state index is 0.0122. The summed E-state index contributed by atoms with van der Waals surface area (Å²) in [6, 6.07) is 2.74. The van der Waals surface area contributed by atoms with E-state index in [2.05, 4.69) is 0 Å². The highest BCUT2D eigenvalue weighted by Crippen LogP contribution is 2.27. The Morgan fingerprint density at radius 3 is 2.46 bits per heavy atom. The van der Waals surface area contributed by atoms with Gasteiger partial charge in [0.15, 0.2) is 11.1 Å². The lowest BCUT2D eigenvalue weighted by atomic mass is 10.2. The zero-order chi connectivity index (χ0) is 10.0. The number of aliphatic hydroxyl groups is 1. The van der Waals surface area contributed by atoms with E-state index in [4.69, 9.17) is 32.9 Å². The first-order valence-electron chi connectivity index (χ1n) is 3.26. The molecule has 1 aromatic carbocycles. The Morgan fingerprint density at radius 2 is 2.00 bits per heavy atom. The number of aliphatic hydroxyl groups excluding tert-OH is 1. The molecule has 0 spiro atoms. The Labute approximate surface area is 87.6 Å². The molecular weight excluding hydrogens is 235 g/mol. The van der Waals surface area contributed by atoms with Crippen LogP contribution < -0.4 is 0 Å². The molecule has 2 N–H and O–H groups in total. The van der Waals surface area contributed by atoms with Crippen molar-refractivity contribution in [2.75, 3.05) is 0 Å². The molecule has 72 valence electrons. The second-order valence-corrected chi connectivity index (χ2v) is 4.04. The third-order valence-corrected chi connectivity index (χ3v) is 2.91. The van der Waals surface area contributed by atoms with Gasteiger partial charge in [-0.05, 0) is 17.7 Å². The Bertz CT molecular complexity index is 354. The molecule has 0 amide bonds. The van der Waals surface area contributed by atoms with Gasteiger partial charge in [0.2, 0.25) is 0 Å². The van der Waals surface area contributed by atoms with Gasteiger partial charge in [0, 0.05) is 5.02 Å². The van der Waals surface area contributed by atoms with Crippen LogP contribution in [0.25, 0.3) is 0 Å². The molecule has 1 aromatic rings. The minimum atomic E-state index is -2.19. The van der Waals surface area contributed by atoms with Crippen LogP contribution in [0, 0.1) is 0 Å². The van der Waals surface area contributed by atoms with E-state index in [0.717, 1.165) is 0 Å². The summed E-state index contributed by atoms with van der Waals surface area (Å²) < 4.78 is 19.5. The van der Waals surface area contributed by atoms with Crippen molar-refractivity contribution in [1.29, 1.82) is 0 Å². The second kappa shape index (κ2) is 4.39. The molecule has 1 unspecified atom stereocenters. The zero-order valence-corrected chi connectivity index (χ0v) is 8.66. The van der Waals surface area contributed by atoms with E-state index in [9.17, 15) is 4.21 Å². The predicted molar refractivity (Wildman–Crippen MR) is 51.4 cm³/mol. The molecule has 0 aliphatic rings. The molecule has 0 heterocycles. The summed E-state index contributed by atoms with van der Waals surface area (Å²) in [5.41, 5.74) is 0.339. The van der Waals surface area contributed by atoms with E-state index in [1.54, 1.807) is 0 Å². The van der Waals surface area contributed by atoms with Gasteiger partial charge >= 0.3 is 0 Å². The van der Waals surface area contributed by atoms with Crippen LogP contribution >= 0.6 is 23.2 Å². The highest BCUT2D eigenvalue weighted by molar-refractivity contribution is 7.79. The molecular formula is C7H6Cl2O3S. The quantitative estimate of drug-likeness (QED) is 0.779. The van der Waals surface area contributed by atoms with Gasteiger partial charge in [0.25, 0.3) is 0 Å². The fraction of sp³-hybridized carbons (Fsp3) is 0.143. The van der Waals surface area contributed by atoms with E-state index in [1.807, 2.05) is 0 Å². The van der Waals surface area contributed by atoms with Crippen LogP contribution in [0.4, 0.5) is 0 Å². The molecule has 0 bridgehead atoms. The fourth-order valence-corrected chi connectivity index (χ4v) is 2.05. The largest absolute Gasteiger partial charge is 0.392 e. The zero-order valence-electron chi connectivity index (χ0n) is 6.33. The van der Waals surface area contributed by atoms with Gasteiger partial charge in [-0.2, -0.15) is 0 Å². The van der Waals surface area contributed by atoms with Gasteiger partial charge < -0.3 is 9.66 Å². The third kappa shape index (κ3) is 2.42. The average Bonchev–Trinajstić information content (AvgIpc) is 2.08. The lowest BCUT2D eigenvalue weighted by Gasteiger charge is -2.05. The minimum Gasteiger partial charge on any atom is -0.392 e. The van der Waals surface area contributed by atoms with E-state index >= 15 is 0 Å². The standard InChI is InChI=1S/C7H6Cl2O3S/c8-5-1-4(3-10)7(9)6(2-5)13(11)12/h1-2,10H,3H2,(H,11,12). The highest BCUT2D eigenvalue weighted by atomic mass is 35.5. The maximum Gasteiger partial charge on any atom is 0.188 e. The number of hydrogen-bond donors (Lipinski definition) is 2. The summed E-state index contributed by atoms with van der Waals surface area (Å²) >= 11 is 9.14. The summed E-state index contributed by atoms with van der Waals surface area (Å²) in [7, 11) is 0. The smallest absolute Gasteiger partial charge is 0.188 e. The molecule has 0 fully saturated rings. The van der Waals surface area contributed by atoms with Crippen molar-refractivity contribution >= 4 is 34.3 Å². The first-order valence-corrected chi connectivity index (χ1v) is 5.12. The van der Waals surface area contributed by atoms with Crippen LogP contribution in [-0.4, -0.2) is 13.9 Å². The number of hydrogen-bond acceptors (Lipinski definition) is 2. The second-order valence-electron chi connectivity index (χ2n) is 2.28. The van der Waals surface area contributed by atoms with Gasteiger partial charge in [-0.1, -0.05) is 23.2 Å². The number of benzene rings is 1. The molecule has 0 aliphatic heterocycles. The van der Waals surface area contributed by atoms with Crippen LogP contribution in [0.2, 0.25) is 10.0 Å². The topological polar surface area (TPSA) is 57.5 Å². The van der Waals surface area contributed by atoms with Gasteiger partial charge in [-0.3, -0.25) is 0 Å².